The summed E-state index contributed by atoms with van der Waals surface area (Å²) in [4.78, 5) is 0. The first-order valence-electron chi connectivity index (χ1n) is 6.58. The Morgan fingerprint density at radius 3 is 2.65 bits per heavy atom. The van der Waals surface area contributed by atoms with Crippen LogP contribution in [0, 0.1) is 0 Å². The van der Waals surface area contributed by atoms with Gasteiger partial charge < -0.3 is 10.4 Å². The van der Waals surface area contributed by atoms with Crippen molar-refractivity contribution in [1.29, 1.82) is 0 Å². The third-order valence-corrected chi connectivity index (χ3v) is 3.83. The molecule has 1 aromatic rings. The number of hydrogen-bond acceptors (Lipinski definition) is 2. The number of fused-ring (bicyclic) bond motifs is 1. The second-order valence-corrected chi connectivity index (χ2v) is 5.67. The van der Waals surface area contributed by atoms with Crippen LogP contribution in [0.2, 0.25) is 0 Å². The van der Waals surface area contributed by atoms with E-state index in [2.05, 4.69) is 23.5 Å². The zero-order valence-electron chi connectivity index (χ0n) is 11.1. The van der Waals surface area contributed by atoms with Gasteiger partial charge in [-0.15, -0.1) is 0 Å². The Kier molecular flexibility index (Phi) is 3.43. The van der Waals surface area contributed by atoms with Crippen molar-refractivity contribution in [3.05, 3.63) is 29.3 Å². The fourth-order valence-corrected chi connectivity index (χ4v) is 2.33. The first-order valence-corrected chi connectivity index (χ1v) is 6.58. The summed E-state index contributed by atoms with van der Waals surface area (Å²) >= 11 is 0. The molecule has 1 unspecified atom stereocenters. The number of anilines is 1. The Bertz CT molecular complexity index is 392. The van der Waals surface area contributed by atoms with Crippen LogP contribution in [0.25, 0.3) is 0 Å². The van der Waals surface area contributed by atoms with Gasteiger partial charge in [0, 0.05) is 5.69 Å². The lowest BCUT2D eigenvalue weighted by Gasteiger charge is -2.30. The molecule has 2 heteroatoms. The molecule has 0 spiro atoms. The van der Waals surface area contributed by atoms with Gasteiger partial charge in [-0.05, 0) is 63.6 Å². The Hall–Kier alpha value is -1.02. The highest BCUT2D eigenvalue weighted by Gasteiger charge is 2.23. The maximum absolute atomic E-state index is 9.99. The maximum atomic E-state index is 9.99. The van der Waals surface area contributed by atoms with E-state index in [4.69, 9.17) is 0 Å². The van der Waals surface area contributed by atoms with Crippen molar-refractivity contribution >= 4 is 5.69 Å². The van der Waals surface area contributed by atoms with Gasteiger partial charge in [-0.1, -0.05) is 12.1 Å². The Balaban J connectivity index is 2.22. The Labute approximate surface area is 104 Å². The van der Waals surface area contributed by atoms with Gasteiger partial charge in [0.1, 0.15) is 0 Å². The standard InChI is InChI=1S/C15H23NO/c1-11(15(2,3)17)16-14-10-6-8-12-7-4-5-9-13(12)14/h6,8,10-11,16-17H,4-5,7,9H2,1-3H3. The molecule has 0 bridgehead atoms. The molecule has 94 valence electrons. The molecular formula is C15H23NO. The maximum Gasteiger partial charge on any atom is 0.0789 e. The van der Waals surface area contributed by atoms with Crippen LogP contribution < -0.4 is 5.32 Å². The second kappa shape index (κ2) is 4.69. The predicted molar refractivity (Wildman–Crippen MR) is 72.5 cm³/mol. The number of benzene rings is 1. The van der Waals surface area contributed by atoms with Crippen molar-refractivity contribution in [3.8, 4) is 0 Å². The molecule has 1 atom stereocenters. The fourth-order valence-electron chi connectivity index (χ4n) is 2.33. The molecule has 2 N–H and O–H groups in total. The molecular weight excluding hydrogens is 210 g/mol. The molecule has 2 nitrogen and oxygen atoms in total. The van der Waals surface area contributed by atoms with Crippen molar-refractivity contribution in [2.75, 3.05) is 5.32 Å². The average molecular weight is 233 g/mol. The van der Waals surface area contributed by atoms with E-state index in [1.165, 1.54) is 36.1 Å². The topological polar surface area (TPSA) is 32.3 Å². The van der Waals surface area contributed by atoms with Gasteiger partial charge in [-0.25, -0.2) is 0 Å². The molecule has 17 heavy (non-hydrogen) atoms. The molecule has 0 saturated carbocycles. The molecule has 0 heterocycles. The van der Waals surface area contributed by atoms with Gasteiger partial charge in [0.2, 0.25) is 0 Å². The molecule has 2 rings (SSSR count). The summed E-state index contributed by atoms with van der Waals surface area (Å²) in [7, 11) is 0. The molecule has 0 fully saturated rings. The van der Waals surface area contributed by atoms with Crippen LogP contribution >= 0.6 is 0 Å². The van der Waals surface area contributed by atoms with Crippen LogP contribution in [0.15, 0.2) is 18.2 Å². The number of aryl methyl sites for hydroxylation is 1. The van der Waals surface area contributed by atoms with Gasteiger partial charge >= 0.3 is 0 Å². The first-order chi connectivity index (χ1) is 7.98. The highest BCUT2D eigenvalue weighted by Crippen LogP contribution is 2.29. The van der Waals surface area contributed by atoms with Crippen LogP contribution in [0.1, 0.15) is 44.7 Å². The van der Waals surface area contributed by atoms with Gasteiger partial charge in [-0.2, -0.15) is 0 Å². The molecule has 0 saturated heterocycles. The first kappa shape index (κ1) is 12.4. The highest BCUT2D eigenvalue weighted by atomic mass is 16.3. The predicted octanol–water partition coefficient (Wildman–Crippen LogP) is 3.14. The third kappa shape index (κ3) is 2.81. The Morgan fingerprint density at radius 1 is 1.24 bits per heavy atom. The summed E-state index contributed by atoms with van der Waals surface area (Å²) < 4.78 is 0. The van der Waals surface area contributed by atoms with Gasteiger partial charge in [0.15, 0.2) is 0 Å². The summed E-state index contributed by atoms with van der Waals surface area (Å²) in [6, 6.07) is 6.53. The highest BCUT2D eigenvalue weighted by molar-refractivity contribution is 5.56. The lowest BCUT2D eigenvalue weighted by Crippen LogP contribution is -2.39. The van der Waals surface area contributed by atoms with Crippen molar-refractivity contribution in [3.63, 3.8) is 0 Å². The van der Waals surface area contributed by atoms with E-state index in [-0.39, 0.29) is 6.04 Å². The SMILES string of the molecule is CC(Nc1cccc2c1CCCC2)C(C)(C)O. The second-order valence-electron chi connectivity index (χ2n) is 5.67. The van der Waals surface area contributed by atoms with E-state index in [0.29, 0.717) is 0 Å². The minimum absolute atomic E-state index is 0.0518. The van der Waals surface area contributed by atoms with Crippen molar-refractivity contribution in [2.45, 2.75) is 58.1 Å². The normalized spacial score (nSPS) is 17.4. The van der Waals surface area contributed by atoms with Gasteiger partial charge in [0.05, 0.1) is 11.6 Å². The minimum atomic E-state index is -0.697. The molecule has 0 amide bonds. The molecule has 0 aliphatic heterocycles. The Morgan fingerprint density at radius 2 is 1.94 bits per heavy atom. The van der Waals surface area contributed by atoms with E-state index in [1.807, 2.05) is 20.8 Å². The molecule has 1 aromatic carbocycles. The minimum Gasteiger partial charge on any atom is -0.388 e. The number of rotatable bonds is 3. The van der Waals surface area contributed by atoms with E-state index < -0.39 is 5.60 Å². The van der Waals surface area contributed by atoms with Gasteiger partial charge in [0.25, 0.3) is 0 Å². The number of nitrogens with one attached hydrogen (secondary N) is 1. The summed E-state index contributed by atoms with van der Waals surface area (Å²) in [5.74, 6) is 0. The summed E-state index contributed by atoms with van der Waals surface area (Å²) in [6.45, 7) is 5.72. The lowest BCUT2D eigenvalue weighted by atomic mass is 9.90. The van der Waals surface area contributed by atoms with Crippen LogP contribution in [-0.2, 0) is 12.8 Å². The van der Waals surface area contributed by atoms with Crippen molar-refractivity contribution in [1.82, 2.24) is 0 Å². The lowest BCUT2D eigenvalue weighted by molar-refractivity contribution is 0.0649. The van der Waals surface area contributed by atoms with Crippen LogP contribution in [0.5, 0.6) is 0 Å². The van der Waals surface area contributed by atoms with Crippen LogP contribution in [0.3, 0.4) is 0 Å². The van der Waals surface area contributed by atoms with Crippen LogP contribution in [-0.4, -0.2) is 16.7 Å². The molecule has 0 aromatic heterocycles. The van der Waals surface area contributed by atoms with Crippen LogP contribution in [0.4, 0.5) is 5.69 Å². The zero-order chi connectivity index (χ0) is 12.5. The third-order valence-electron chi connectivity index (χ3n) is 3.83. The quantitative estimate of drug-likeness (QED) is 0.840. The van der Waals surface area contributed by atoms with Crippen molar-refractivity contribution < 1.29 is 5.11 Å². The van der Waals surface area contributed by atoms with E-state index in [0.717, 1.165) is 6.42 Å². The number of aliphatic hydroxyl groups is 1. The molecule has 1 aliphatic carbocycles. The number of hydrogen-bond donors (Lipinski definition) is 2. The monoisotopic (exact) mass is 233 g/mol. The summed E-state index contributed by atoms with van der Waals surface area (Å²) in [5, 5.41) is 13.4. The smallest absolute Gasteiger partial charge is 0.0789 e. The summed E-state index contributed by atoms with van der Waals surface area (Å²) in [6.07, 6.45) is 4.94. The molecule has 1 aliphatic rings. The van der Waals surface area contributed by atoms with E-state index in [9.17, 15) is 5.11 Å². The van der Waals surface area contributed by atoms with Gasteiger partial charge in [-0.3, -0.25) is 0 Å². The summed E-state index contributed by atoms with van der Waals surface area (Å²) in [5.41, 5.74) is 3.44. The average Bonchev–Trinajstić information content (AvgIpc) is 2.28. The fraction of sp³-hybridized carbons (Fsp3) is 0.600. The van der Waals surface area contributed by atoms with E-state index >= 15 is 0 Å². The zero-order valence-corrected chi connectivity index (χ0v) is 11.1. The molecule has 0 radical (unpaired) electrons. The van der Waals surface area contributed by atoms with E-state index in [1.54, 1.807) is 0 Å². The largest absolute Gasteiger partial charge is 0.388 e. The van der Waals surface area contributed by atoms with Crippen molar-refractivity contribution in [2.24, 2.45) is 0 Å².